The van der Waals surface area contributed by atoms with Crippen LogP contribution in [0.3, 0.4) is 0 Å². The summed E-state index contributed by atoms with van der Waals surface area (Å²) < 4.78 is 6.55. The highest BCUT2D eigenvalue weighted by molar-refractivity contribution is 5.89. The standard InChI is InChI=1S/C21H22N4O3/c26-20(22-13-7-12-17-8-3-1-4-9-17)16-28-21(27)19-15-25(24-23-19)14-18-10-5-2-6-11-18/h1-6,8-11,15H,7,12-14,16H2,(H,22,26). The minimum Gasteiger partial charge on any atom is -0.451 e. The summed E-state index contributed by atoms with van der Waals surface area (Å²) in [7, 11) is 0. The topological polar surface area (TPSA) is 86.1 Å². The smallest absolute Gasteiger partial charge is 0.361 e. The Morgan fingerprint density at radius 1 is 0.964 bits per heavy atom. The van der Waals surface area contributed by atoms with Crippen molar-refractivity contribution in [2.45, 2.75) is 19.4 Å². The van der Waals surface area contributed by atoms with E-state index in [9.17, 15) is 9.59 Å². The lowest BCUT2D eigenvalue weighted by Gasteiger charge is -2.06. The van der Waals surface area contributed by atoms with Crippen LogP contribution in [-0.2, 0) is 22.5 Å². The molecule has 144 valence electrons. The average molecular weight is 378 g/mol. The van der Waals surface area contributed by atoms with Crippen LogP contribution in [0, 0.1) is 0 Å². The van der Waals surface area contributed by atoms with Gasteiger partial charge in [0.05, 0.1) is 12.7 Å². The summed E-state index contributed by atoms with van der Waals surface area (Å²) in [6.07, 6.45) is 3.20. The number of carbonyl (C=O) groups is 2. The normalized spacial score (nSPS) is 10.4. The highest BCUT2D eigenvalue weighted by atomic mass is 16.5. The number of carbonyl (C=O) groups excluding carboxylic acids is 2. The average Bonchev–Trinajstić information content (AvgIpc) is 3.19. The molecule has 0 spiro atoms. The molecule has 3 rings (SSSR count). The summed E-state index contributed by atoms with van der Waals surface area (Å²) in [6, 6.07) is 19.8. The van der Waals surface area contributed by atoms with E-state index in [4.69, 9.17) is 4.74 Å². The maximum Gasteiger partial charge on any atom is 0.361 e. The molecule has 2 aromatic carbocycles. The van der Waals surface area contributed by atoms with Crippen molar-refractivity contribution >= 4 is 11.9 Å². The Morgan fingerprint density at radius 2 is 1.64 bits per heavy atom. The molecule has 7 nitrogen and oxygen atoms in total. The third-order valence-corrected chi connectivity index (χ3v) is 4.08. The van der Waals surface area contributed by atoms with Gasteiger partial charge in [-0.25, -0.2) is 9.48 Å². The first-order valence-corrected chi connectivity index (χ1v) is 9.12. The summed E-state index contributed by atoms with van der Waals surface area (Å²) in [5.74, 6) is -1.00. The van der Waals surface area contributed by atoms with Gasteiger partial charge in [-0.2, -0.15) is 0 Å². The molecule has 0 radical (unpaired) electrons. The fourth-order valence-electron chi connectivity index (χ4n) is 2.66. The van der Waals surface area contributed by atoms with E-state index in [-0.39, 0.29) is 18.2 Å². The van der Waals surface area contributed by atoms with Crippen molar-refractivity contribution in [3.05, 3.63) is 83.7 Å². The van der Waals surface area contributed by atoms with Crippen LogP contribution in [0.2, 0.25) is 0 Å². The van der Waals surface area contributed by atoms with Gasteiger partial charge in [-0.3, -0.25) is 4.79 Å². The predicted octanol–water partition coefficient (Wildman–Crippen LogP) is 2.23. The van der Waals surface area contributed by atoms with E-state index in [0.717, 1.165) is 18.4 Å². The third-order valence-electron chi connectivity index (χ3n) is 4.08. The summed E-state index contributed by atoms with van der Waals surface area (Å²) in [5.41, 5.74) is 2.34. The molecule has 0 aliphatic heterocycles. The number of esters is 1. The van der Waals surface area contributed by atoms with Crippen LogP contribution in [0.1, 0.15) is 28.0 Å². The predicted molar refractivity (Wildman–Crippen MR) is 104 cm³/mol. The van der Waals surface area contributed by atoms with Crippen LogP contribution in [0.25, 0.3) is 0 Å². The number of amides is 1. The van der Waals surface area contributed by atoms with Gasteiger partial charge < -0.3 is 10.1 Å². The van der Waals surface area contributed by atoms with E-state index < -0.39 is 5.97 Å². The first-order chi connectivity index (χ1) is 13.7. The molecule has 1 N–H and O–H groups in total. The highest BCUT2D eigenvalue weighted by Gasteiger charge is 2.14. The summed E-state index contributed by atoms with van der Waals surface area (Å²) in [4.78, 5) is 23.8. The third kappa shape index (κ3) is 6.05. The SMILES string of the molecule is O=C(COC(=O)c1cn(Cc2ccccc2)nn1)NCCCc1ccccc1. The van der Waals surface area contributed by atoms with Gasteiger partial charge in [0.2, 0.25) is 0 Å². The Balaban J connectivity index is 1.36. The van der Waals surface area contributed by atoms with Crippen LogP contribution in [0.4, 0.5) is 0 Å². The minimum absolute atomic E-state index is 0.0767. The Bertz CT molecular complexity index is 894. The monoisotopic (exact) mass is 378 g/mol. The molecule has 0 saturated carbocycles. The Labute approximate surface area is 163 Å². The van der Waals surface area contributed by atoms with Gasteiger partial charge >= 0.3 is 5.97 Å². The first-order valence-electron chi connectivity index (χ1n) is 9.12. The summed E-state index contributed by atoms with van der Waals surface area (Å²) in [6.45, 7) is 0.692. The van der Waals surface area contributed by atoms with Crippen LogP contribution in [0.5, 0.6) is 0 Å². The molecule has 0 saturated heterocycles. The minimum atomic E-state index is -0.668. The van der Waals surface area contributed by atoms with Crippen LogP contribution in [-0.4, -0.2) is 40.0 Å². The van der Waals surface area contributed by atoms with Gasteiger partial charge in [-0.15, -0.1) is 5.10 Å². The van der Waals surface area contributed by atoms with E-state index in [1.54, 1.807) is 4.68 Å². The number of aromatic nitrogens is 3. The lowest BCUT2D eigenvalue weighted by molar-refractivity contribution is -0.124. The number of ether oxygens (including phenoxy) is 1. The number of benzene rings is 2. The molecule has 7 heteroatoms. The molecule has 1 amide bonds. The lowest BCUT2D eigenvalue weighted by atomic mass is 10.1. The number of hydrogen-bond acceptors (Lipinski definition) is 5. The van der Waals surface area contributed by atoms with Gasteiger partial charge in [-0.05, 0) is 24.0 Å². The number of hydrogen-bond donors (Lipinski definition) is 1. The maximum absolute atomic E-state index is 12.0. The van der Waals surface area contributed by atoms with Crippen molar-refractivity contribution in [3.8, 4) is 0 Å². The van der Waals surface area contributed by atoms with Gasteiger partial charge in [0.15, 0.2) is 12.3 Å². The van der Waals surface area contributed by atoms with Crippen LogP contribution in [0.15, 0.2) is 66.9 Å². The van der Waals surface area contributed by atoms with Crippen molar-refractivity contribution in [3.63, 3.8) is 0 Å². The van der Waals surface area contributed by atoms with Crippen molar-refractivity contribution in [1.82, 2.24) is 20.3 Å². The molecule has 3 aromatic rings. The summed E-state index contributed by atoms with van der Waals surface area (Å²) in [5, 5.41) is 10.5. The first kappa shape index (κ1) is 19.3. The number of nitrogens with zero attached hydrogens (tertiary/aromatic N) is 3. The van der Waals surface area contributed by atoms with Crippen molar-refractivity contribution < 1.29 is 14.3 Å². The largest absolute Gasteiger partial charge is 0.451 e. The van der Waals surface area contributed by atoms with E-state index >= 15 is 0 Å². The number of aryl methyl sites for hydroxylation is 1. The zero-order chi connectivity index (χ0) is 19.6. The zero-order valence-corrected chi connectivity index (χ0v) is 15.5. The summed E-state index contributed by atoms with van der Waals surface area (Å²) >= 11 is 0. The van der Waals surface area contributed by atoms with E-state index in [1.165, 1.54) is 11.8 Å². The van der Waals surface area contributed by atoms with Gasteiger partial charge in [0.25, 0.3) is 5.91 Å². The van der Waals surface area contributed by atoms with Gasteiger partial charge in [0.1, 0.15) is 0 Å². The van der Waals surface area contributed by atoms with Crippen LogP contribution < -0.4 is 5.32 Å². The molecular weight excluding hydrogens is 356 g/mol. The van der Waals surface area contributed by atoms with Gasteiger partial charge in [-0.1, -0.05) is 65.9 Å². The molecule has 28 heavy (non-hydrogen) atoms. The quantitative estimate of drug-likeness (QED) is 0.456. The molecule has 1 heterocycles. The van der Waals surface area contributed by atoms with Crippen molar-refractivity contribution in [2.75, 3.05) is 13.2 Å². The fourth-order valence-corrected chi connectivity index (χ4v) is 2.66. The molecule has 0 unspecified atom stereocenters. The molecule has 1 aromatic heterocycles. The van der Waals surface area contributed by atoms with Crippen molar-refractivity contribution in [1.29, 1.82) is 0 Å². The van der Waals surface area contributed by atoms with Crippen LogP contribution >= 0.6 is 0 Å². The highest BCUT2D eigenvalue weighted by Crippen LogP contribution is 2.04. The van der Waals surface area contributed by atoms with Gasteiger partial charge in [0, 0.05) is 6.54 Å². The fraction of sp³-hybridized carbons (Fsp3) is 0.238. The van der Waals surface area contributed by atoms with E-state index in [1.807, 2.05) is 48.5 Å². The maximum atomic E-state index is 12.0. The van der Waals surface area contributed by atoms with E-state index in [2.05, 4.69) is 27.8 Å². The lowest BCUT2D eigenvalue weighted by Crippen LogP contribution is -2.29. The second-order valence-corrected chi connectivity index (χ2v) is 6.30. The molecule has 0 fully saturated rings. The molecule has 0 atom stereocenters. The zero-order valence-electron chi connectivity index (χ0n) is 15.5. The second kappa shape index (κ2) is 10.0. The molecule has 0 aliphatic carbocycles. The van der Waals surface area contributed by atoms with E-state index in [0.29, 0.717) is 13.1 Å². The molecule has 0 bridgehead atoms. The Hall–Kier alpha value is -3.48. The Morgan fingerprint density at radius 3 is 2.36 bits per heavy atom. The second-order valence-electron chi connectivity index (χ2n) is 6.30. The Kier molecular flexibility index (Phi) is 6.89. The number of rotatable bonds is 9. The molecular formula is C21H22N4O3. The number of nitrogens with one attached hydrogen (secondary N) is 1. The molecule has 0 aliphatic rings. The van der Waals surface area contributed by atoms with Crippen molar-refractivity contribution in [2.24, 2.45) is 0 Å².